The average Bonchev–Trinajstić information content (AvgIpc) is 2.58. The van der Waals surface area contributed by atoms with Crippen molar-refractivity contribution < 1.29 is 9.18 Å². The summed E-state index contributed by atoms with van der Waals surface area (Å²) in [6, 6.07) is 4.30. The highest BCUT2D eigenvalue weighted by Gasteiger charge is 2.32. The number of rotatable bonds is 1. The van der Waals surface area contributed by atoms with Crippen LogP contribution in [0.15, 0.2) is 18.2 Å². The van der Waals surface area contributed by atoms with Crippen LogP contribution >= 0.6 is 0 Å². The van der Waals surface area contributed by atoms with Gasteiger partial charge in [0.2, 0.25) is 5.95 Å². The molecule has 1 saturated heterocycles. The zero-order valence-corrected chi connectivity index (χ0v) is 9.53. The second-order valence-corrected chi connectivity index (χ2v) is 4.99. The predicted molar refractivity (Wildman–Crippen MR) is 58.5 cm³/mol. The van der Waals surface area contributed by atoms with Gasteiger partial charge in [-0.05, 0) is 24.0 Å². The lowest BCUT2D eigenvalue weighted by Crippen LogP contribution is -2.31. The van der Waals surface area contributed by atoms with Crippen LogP contribution in [-0.4, -0.2) is 28.9 Å². The molecular weight excluding hydrogens is 207 g/mol. The normalized spacial score (nSPS) is 18.8. The lowest BCUT2D eigenvalue weighted by atomic mass is 9.93. The topological polar surface area (TPSA) is 33.2 Å². The highest BCUT2D eigenvalue weighted by atomic mass is 19.1. The van der Waals surface area contributed by atoms with Crippen LogP contribution in [0, 0.1) is 11.4 Å². The molecule has 0 N–H and O–H groups in total. The Balaban J connectivity index is 2.15. The van der Waals surface area contributed by atoms with E-state index in [2.05, 4.69) is 18.8 Å². The Morgan fingerprint density at radius 2 is 2.25 bits per heavy atom. The second-order valence-electron chi connectivity index (χ2n) is 4.99. The van der Waals surface area contributed by atoms with E-state index in [1.165, 1.54) is 12.1 Å². The van der Waals surface area contributed by atoms with E-state index in [-0.39, 0.29) is 17.0 Å². The first-order chi connectivity index (χ1) is 7.48. The van der Waals surface area contributed by atoms with E-state index in [4.69, 9.17) is 0 Å². The molecule has 0 saturated carbocycles. The maximum atomic E-state index is 12.9. The fourth-order valence-corrected chi connectivity index (χ4v) is 1.98. The van der Waals surface area contributed by atoms with E-state index in [0.29, 0.717) is 6.54 Å². The van der Waals surface area contributed by atoms with E-state index in [1.54, 1.807) is 11.0 Å². The van der Waals surface area contributed by atoms with Crippen LogP contribution in [0.1, 0.15) is 30.8 Å². The number of carbonyl (C=O) groups is 1. The summed E-state index contributed by atoms with van der Waals surface area (Å²) in [6.07, 6.45) is 0.980. The molecular formula is C12H15FN2O. The quantitative estimate of drug-likeness (QED) is 0.682. The lowest BCUT2D eigenvalue weighted by Gasteiger charge is -2.19. The molecule has 86 valence electrons. The Morgan fingerprint density at radius 1 is 1.50 bits per heavy atom. The van der Waals surface area contributed by atoms with Crippen LogP contribution in [0.4, 0.5) is 4.39 Å². The predicted octanol–water partition coefficient (Wildman–Crippen LogP) is 2.09. The minimum absolute atomic E-state index is 0.156. The number of amides is 1. The molecule has 0 aliphatic carbocycles. The second kappa shape index (κ2) is 3.85. The molecule has 1 fully saturated rings. The Hall–Kier alpha value is -1.45. The van der Waals surface area contributed by atoms with Gasteiger partial charge < -0.3 is 4.90 Å². The van der Waals surface area contributed by atoms with Gasteiger partial charge in [-0.1, -0.05) is 19.9 Å². The first-order valence-electron chi connectivity index (χ1n) is 5.40. The van der Waals surface area contributed by atoms with Gasteiger partial charge in [0, 0.05) is 13.1 Å². The standard InChI is InChI=1S/C12H15FN2O/c1-12(2)6-7-15(8-12)11(16)9-4-3-5-10(13)14-9/h3-5H,6-8H2,1-2H3. The van der Waals surface area contributed by atoms with Gasteiger partial charge in [-0.3, -0.25) is 4.79 Å². The minimum atomic E-state index is -0.607. The molecule has 0 aromatic carbocycles. The maximum Gasteiger partial charge on any atom is 0.272 e. The molecule has 1 aliphatic heterocycles. The fraction of sp³-hybridized carbons (Fsp3) is 0.500. The smallest absolute Gasteiger partial charge is 0.272 e. The summed E-state index contributed by atoms with van der Waals surface area (Å²) in [7, 11) is 0. The zero-order chi connectivity index (χ0) is 11.8. The van der Waals surface area contributed by atoms with Gasteiger partial charge in [-0.15, -0.1) is 0 Å². The van der Waals surface area contributed by atoms with Crippen molar-refractivity contribution in [2.24, 2.45) is 5.41 Å². The molecule has 4 heteroatoms. The third-order valence-electron chi connectivity index (χ3n) is 2.90. The largest absolute Gasteiger partial charge is 0.337 e. The molecule has 1 aliphatic rings. The van der Waals surface area contributed by atoms with Gasteiger partial charge in [-0.2, -0.15) is 4.39 Å². The van der Waals surface area contributed by atoms with Crippen molar-refractivity contribution in [2.45, 2.75) is 20.3 Å². The number of aromatic nitrogens is 1. The van der Waals surface area contributed by atoms with Crippen LogP contribution in [-0.2, 0) is 0 Å². The molecule has 0 radical (unpaired) electrons. The van der Waals surface area contributed by atoms with Crippen molar-refractivity contribution in [3.05, 3.63) is 29.8 Å². The summed E-state index contributed by atoms with van der Waals surface area (Å²) in [6.45, 7) is 5.69. The van der Waals surface area contributed by atoms with Crippen LogP contribution in [0.2, 0.25) is 0 Å². The van der Waals surface area contributed by atoms with Crippen LogP contribution in [0.5, 0.6) is 0 Å². The van der Waals surface area contributed by atoms with Crippen molar-refractivity contribution in [1.29, 1.82) is 0 Å². The molecule has 0 atom stereocenters. The summed E-state index contributed by atoms with van der Waals surface area (Å²) in [5.41, 5.74) is 0.348. The number of hydrogen-bond acceptors (Lipinski definition) is 2. The molecule has 2 heterocycles. The number of halogens is 1. The monoisotopic (exact) mass is 222 g/mol. The van der Waals surface area contributed by atoms with Crippen molar-refractivity contribution >= 4 is 5.91 Å². The number of hydrogen-bond donors (Lipinski definition) is 0. The van der Waals surface area contributed by atoms with Gasteiger partial charge in [-0.25, -0.2) is 4.98 Å². The molecule has 3 nitrogen and oxygen atoms in total. The van der Waals surface area contributed by atoms with E-state index in [9.17, 15) is 9.18 Å². The Morgan fingerprint density at radius 3 is 2.81 bits per heavy atom. The number of carbonyl (C=O) groups excluding carboxylic acids is 1. The van der Waals surface area contributed by atoms with E-state index < -0.39 is 5.95 Å². The number of pyridine rings is 1. The van der Waals surface area contributed by atoms with Crippen molar-refractivity contribution in [1.82, 2.24) is 9.88 Å². The molecule has 1 amide bonds. The fourth-order valence-electron chi connectivity index (χ4n) is 1.98. The Labute approximate surface area is 94.3 Å². The highest BCUT2D eigenvalue weighted by Crippen LogP contribution is 2.29. The van der Waals surface area contributed by atoms with Crippen LogP contribution < -0.4 is 0 Å². The number of nitrogens with zero attached hydrogens (tertiary/aromatic N) is 2. The van der Waals surface area contributed by atoms with Crippen molar-refractivity contribution in [3.8, 4) is 0 Å². The van der Waals surface area contributed by atoms with Crippen LogP contribution in [0.3, 0.4) is 0 Å². The van der Waals surface area contributed by atoms with Gasteiger partial charge in [0.25, 0.3) is 5.91 Å². The van der Waals surface area contributed by atoms with Gasteiger partial charge in [0.1, 0.15) is 5.69 Å². The molecule has 16 heavy (non-hydrogen) atoms. The van der Waals surface area contributed by atoms with Crippen LogP contribution in [0.25, 0.3) is 0 Å². The third kappa shape index (κ3) is 2.21. The van der Waals surface area contributed by atoms with E-state index in [1.807, 2.05) is 0 Å². The van der Waals surface area contributed by atoms with Gasteiger partial charge in [0.15, 0.2) is 0 Å². The molecule has 2 rings (SSSR count). The number of likely N-dealkylation sites (tertiary alicyclic amines) is 1. The molecule has 1 aromatic heterocycles. The third-order valence-corrected chi connectivity index (χ3v) is 2.90. The van der Waals surface area contributed by atoms with Crippen molar-refractivity contribution in [2.75, 3.05) is 13.1 Å². The minimum Gasteiger partial charge on any atom is -0.337 e. The molecule has 0 bridgehead atoms. The summed E-state index contributed by atoms with van der Waals surface area (Å²) in [4.78, 5) is 17.3. The molecule has 0 unspecified atom stereocenters. The Bertz CT molecular complexity index is 417. The van der Waals surface area contributed by atoms with E-state index in [0.717, 1.165) is 13.0 Å². The lowest BCUT2D eigenvalue weighted by molar-refractivity contribution is 0.0771. The average molecular weight is 222 g/mol. The zero-order valence-electron chi connectivity index (χ0n) is 9.53. The maximum absolute atomic E-state index is 12.9. The first kappa shape index (κ1) is 11.0. The summed E-state index contributed by atoms with van der Waals surface area (Å²) >= 11 is 0. The Kier molecular flexibility index (Phi) is 2.66. The van der Waals surface area contributed by atoms with E-state index >= 15 is 0 Å². The van der Waals surface area contributed by atoms with Gasteiger partial charge in [0.05, 0.1) is 0 Å². The first-order valence-corrected chi connectivity index (χ1v) is 5.40. The highest BCUT2D eigenvalue weighted by molar-refractivity contribution is 5.92. The summed E-state index contributed by atoms with van der Waals surface area (Å²) < 4.78 is 12.9. The molecule has 1 aromatic rings. The SMILES string of the molecule is CC1(C)CCN(C(=O)c2cccc(F)n2)C1. The summed E-state index contributed by atoms with van der Waals surface area (Å²) in [5, 5.41) is 0. The van der Waals surface area contributed by atoms with Crippen molar-refractivity contribution in [3.63, 3.8) is 0 Å². The van der Waals surface area contributed by atoms with Gasteiger partial charge >= 0.3 is 0 Å². The molecule has 0 spiro atoms. The summed E-state index contributed by atoms with van der Waals surface area (Å²) in [5.74, 6) is -0.783.